The molecule has 2 rings (SSSR count). The van der Waals surface area contributed by atoms with Gasteiger partial charge in [-0.1, -0.05) is 13.8 Å². The monoisotopic (exact) mass is 287 g/mol. The molecule has 0 radical (unpaired) electrons. The van der Waals surface area contributed by atoms with Crippen LogP contribution < -0.4 is 10.2 Å². The third-order valence-electron chi connectivity index (χ3n) is 3.40. The summed E-state index contributed by atoms with van der Waals surface area (Å²) in [5.41, 5.74) is 2.45. The van der Waals surface area contributed by atoms with Crippen molar-refractivity contribution in [2.75, 3.05) is 18.0 Å². The van der Waals surface area contributed by atoms with E-state index in [4.69, 9.17) is 4.42 Å². The highest BCUT2D eigenvalue weighted by Crippen LogP contribution is 2.21. The maximum atomic E-state index is 5.46. The average molecular weight is 287 g/mol. The lowest BCUT2D eigenvalue weighted by atomic mass is 10.1. The smallest absolute Gasteiger partial charge is 0.123 e. The number of rotatable bonds is 8. The van der Waals surface area contributed by atoms with Gasteiger partial charge in [0.25, 0.3) is 0 Å². The molecule has 0 fully saturated rings. The van der Waals surface area contributed by atoms with Gasteiger partial charge in [-0.05, 0) is 43.1 Å². The Bertz CT molecular complexity index is 523. The lowest BCUT2D eigenvalue weighted by Gasteiger charge is -2.24. The van der Waals surface area contributed by atoms with E-state index in [-0.39, 0.29) is 0 Å². The fourth-order valence-corrected chi connectivity index (χ4v) is 2.30. The van der Waals surface area contributed by atoms with Crippen LogP contribution in [0.1, 0.15) is 32.1 Å². The molecule has 2 aromatic heterocycles. The lowest BCUT2D eigenvalue weighted by Crippen LogP contribution is -2.25. The summed E-state index contributed by atoms with van der Waals surface area (Å²) < 4.78 is 5.46. The first-order chi connectivity index (χ1) is 10.2. The number of aromatic nitrogens is 1. The fourth-order valence-electron chi connectivity index (χ4n) is 2.30. The van der Waals surface area contributed by atoms with Crippen molar-refractivity contribution in [3.63, 3.8) is 0 Å². The van der Waals surface area contributed by atoms with Crippen LogP contribution in [-0.2, 0) is 13.1 Å². The Morgan fingerprint density at radius 3 is 2.86 bits per heavy atom. The number of hydrogen-bond acceptors (Lipinski definition) is 4. The van der Waals surface area contributed by atoms with E-state index >= 15 is 0 Å². The van der Waals surface area contributed by atoms with Gasteiger partial charge in [0.15, 0.2) is 0 Å². The van der Waals surface area contributed by atoms with Gasteiger partial charge >= 0.3 is 0 Å². The molecule has 0 bridgehead atoms. The fraction of sp³-hybridized carbons (Fsp3) is 0.471. The summed E-state index contributed by atoms with van der Waals surface area (Å²) in [7, 11) is 0. The Morgan fingerprint density at radius 1 is 1.33 bits per heavy atom. The first kappa shape index (κ1) is 15.6. The standard InChI is InChI=1S/C17H25N3O/c1-4-20(13-16-6-5-9-21-16)17-12-18-8-7-15(17)11-19-10-14(2)3/h5-9,12,14,19H,4,10-11,13H2,1-3H3. The van der Waals surface area contributed by atoms with Gasteiger partial charge in [0, 0.05) is 19.3 Å². The van der Waals surface area contributed by atoms with Crippen molar-refractivity contribution in [2.45, 2.75) is 33.9 Å². The number of hydrogen-bond donors (Lipinski definition) is 1. The molecule has 114 valence electrons. The summed E-state index contributed by atoms with van der Waals surface area (Å²) in [5.74, 6) is 1.63. The van der Waals surface area contributed by atoms with Gasteiger partial charge in [0.2, 0.25) is 0 Å². The summed E-state index contributed by atoms with van der Waals surface area (Å²) in [6, 6.07) is 6.03. The van der Waals surface area contributed by atoms with Gasteiger partial charge in [-0.15, -0.1) is 0 Å². The SMILES string of the molecule is CCN(Cc1ccco1)c1cnccc1CNCC(C)C. The van der Waals surface area contributed by atoms with Crippen molar-refractivity contribution in [1.82, 2.24) is 10.3 Å². The molecule has 0 saturated carbocycles. The zero-order valence-corrected chi connectivity index (χ0v) is 13.2. The molecule has 0 spiro atoms. The highest BCUT2D eigenvalue weighted by molar-refractivity contribution is 5.51. The molecule has 0 aliphatic heterocycles. The number of pyridine rings is 1. The van der Waals surface area contributed by atoms with Crippen molar-refractivity contribution < 1.29 is 4.42 Å². The van der Waals surface area contributed by atoms with Gasteiger partial charge in [-0.3, -0.25) is 4.98 Å². The van der Waals surface area contributed by atoms with E-state index in [9.17, 15) is 0 Å². The zero-order chi connectivity index (χ0) is 15.1. The highest BCUT2D eigenvalue weighted by Gasteiger charge is 2.11. The molecule has 0 amide bonds. The molecular weight excluding hydrogens is 262 g/mol. The van der Waals surface area contributed by atoms with Crippen LogP contribution in [0.15, 0.2) is 41.3 Å². The first-order valence-corrected chi connectivity index (χ1v) is 7.61. The summed E-state index contributed by atoms with van der Waals surface area (Å²) in [6.07, 6.45) is 5.52. The predicted molar refractivity (Wildman–Crippen MR) is 86.2 cm³/mol. The summed E-state index contributed by atoms with van der Waals surface area (Å²) >= 11 is 0. The quantitative estimate of drug-likeness (QED) is 0.807. The summed E-state index contributed by atoms with van der Waals surface area (Å²) in [4.78, 5) is 6.58. The third kappa shape index (κ3) is 4.60. The van der Waals surface area contributed by atoms with Crippen molar-refractivity contribution in [3.8, 4) is 0 Å². The molecule has 4 heteroatoms. The largest absolute Gasteiger partial charge is 0.467 e. The van der Waals surface area contributed by atoms with Gasteiger partial charge in [0.1, 0.15) is 5.76 Å². The molecule has 0 unspecified atom stereocenters. The van der Waals surface area contributed by atoms with E-state index in [1.165, 1.54) is 11.3 Å². The van der Waals surface area contributed by atoms with E-state index < -0.39 is 0 Å². The summed E-state index contributed by atoms with van der Waals surface area (Å²) in [5, 5.41) is 3.50. The van der Waals surface area contributed by atoms with Crippen molar-refractivity contribution >= 4 is 5.69 Å². The second kappa shape index (κ2) is 7.84. The molecule has 2 aromatic rings. The molecular formula is C17H25N3O. The Hall–Kier alpha value is -1.81. The zero-order valence-electron chi connectivity index (χ0n) is 13.2. The molecule has 0 aliphatic carbocycles. The number of nitrogens with zero attached hydrogens (tertiary/aromatic N) is 2. The minimum Gasteiger partial charge on any atom is -0.467 e. The average Bonchev–Trinajstić information content (AvgIpc) is 2.98. The van der Waals surface area contributed by atoms with Gasteiger partial charge in [0.05, 0.1) is 24.7 Å². The van der Waals surface area contributed by atoms with E-state index in [2.05, 4.69) is 42.0 Å². The van der Waals surface area contributed by atoms with Crippen LogP contribution in [0.5, 0.6) is 0 Å². The Balaban J connectivity index is 2.09. The van der Waals surface area contributed by atoms with Crippen LogP contribution in [0, 0.1) is 5.92 Å². The Morgan fingerprint density at radius 2 is 2.19 bits per heavy atom. The molecule has 0 aliphatic rings. The topological polar surface area (TPSA) is 41.3 Å². The summed E-state index contributed by atoms with van der Waals surface area (Å²) in [6.45, 7) is 10.2. The molecule has 0 aromatic carbocycles. The van der Waals surface area contributed by atoms with Crippen LogP contribution in [0.3, 0.4) is 0 Å². The van der Waals surface area contributed by atoms with Crippen molar-refractivity contribution in [2.24, 2.45) is 5.92 Å². The van der Waals surface area contributed by atoms with Crippen LogP contribution in [0.25, 0.3) is 0 Å². The van der Waals surface area contributed by atoms with Gasteiger partial charge < -0.3 is 14.6 Å². The molecule has 0 atom stereocenters. The molecule has 21 heavy (non-hydrogen) atoms. The number of furan rings is 1. The van der Waals surface area contributed by atoms with Crippen molar-refractivity contribution in [1.29, 1.82) is 0 Å². The van der Waals surface area contributed by atoms with E-state index in [0.717, 1.165) is 31.9 Å². The minimum atomic E-state index is 0.653. The Labute approximate surface area is 127 Å². The van der Waals surface area contributed by atoms with E-state index in [1.54, 1.807) is 6.26 Å². The van der Waals surface area contributed by atoms with E-state index in [0.29, 0.717) is 5.92 Å². The predicted octanol–water partition coefficient (Wildman–Crippen LogP) is 3.45. The highest BCUT2D eigenvalue weighted by atomic mass is 16.3. The van der Waals surface area contributed by atoms with Crippen molar-refractivity contribution in [3.05, 3.63) is 48.2 Å². The second-order valence-corrected chi connectivity index (χ2v) is 5.62. The first-order valence-electron chi connectivity index (χ1n) is 7.61. The van der Waals surface area contributed by atoms with Crippen LogP contribution in [0.2, 0.25) is 0 Å². The lowest BCUT2D eigenvalue weighted by molar-refractivity contribution is 0.503. The maximum absolute atomic E-state index is 5.46. The molecule has 0 saturated heterocycles. The Kier molecular flexibility index (Phi) is 5.81. The normalized spacial score (nSPS) is 11.0. The van der Waals surface area contributed by atoms with Gasteiger partial charge in [-0.2, -0.15) is 0 Å². The molecule has 1 N–H and O–H groups in total. The van der Waals surface area contributed by atoms with Gasteiger partial charge in [-0.25, -0.2) is 0 Å². The van der Waals surface area contributed by atoms with E-state index in [1.807, 2.05) is 24.5 Å². The van der Waals surface area contributed by atoms with Crippen LogP contribution in [0.4, 0.5) is 5.69 Å². The second-order valence-electron chi connectivity index (χ2n) is 5.62. The number of nitrogens with one attached hydrogen (secondary N) is 1. The minimum absolute atomic E-state index is 0.653. The number of anilines is 1. The van der Waals surface area contributed by atoms with Crippen LogP contribution >= 0.6 is 0 Å². The molecule has 4 nitrogen and oxygen atoms in total. The maximum Gasteiger partial charge on any atom is 0.123 e. The third-order valence-corrected chi connectivity index (χ3v) is 3.40. The van der Waals surface area contributed by atoms with Crippen LogP contribution in [-0.4, -0.2) is 18.1 Å². The molecule has 2 heterocycles.